The zero-order chi connectivity index (χ0) is 15.4. The molecule has 0 aromatic heterocycles. The molecule has 0 bridgehead atoms. The summed E-state index contributed by atoms with van der Waals surface area (Å²) in [7, 11) is 0. The number of carbonyl (C=O) groups is 1. The van der Waals surface area contributed by atoms with Gasteiger partial charge in [-0.05, 0) is 43.2 Å². The molecule has 1 amide bonds. The molecule has 3 N–H and O–H groups in total. The first kappa shape index (κ1) is 16.1. The Labute approximate surface area is 137 Å². The van der Waals surface area contributed by atoms with Gasteiger partial charge in [0.2, 0.25) is 0 Å². The molecule has 21 heavy (non-hydrogen) atoms. The van der Waals surface area contributed by atoms with Crippen molar-refractivity contribution in [3.8, 4) is 0 Å². The first-order valence-electron chi connectivity index (χ1n) is 6.50. The normalized spacial score (nSPS) is 10.5. The quantitative estimate of drug-likeness (QED) is 0.373. The predicted octanol–water partition coefficient (Wildman–Crippen LogP) is 3.96. The average Bonchev–Trinajstić information content (AvgIpc) is 2.46. The van der Waals surface area contributed by atoms with Crippen LogP contribution >= 0.6 is 27.7 Å². The number of nitrogens with two attached hydrogens (primary N) is 1. The lowest BCUT2D eigenvalue weighted by Gasteiger charge is -2.09. The molecule has 0 unspecified atom stereocenters. The van der Waals surface area contributed by atoms with Crippen LogP contribution < -0.4 is 11.3 Å². The number of nitrogen functional groups attached to an aromatic ring is 1. The Kier molecular flexibility index (Phi) is 5.45. The predicted molar refractivity (Wildman–Crippen MR) is 91.3 cm³/mol. The lowest BCUT2D eigenvalue weighted by Crippen LogP contribution is -2.29. The number of amides is 1. The fourth-order valence-electron chi connectivity index (χ4n) is 2.01. The second kappa shape index (κ2) is 7.11. The van der Waals surface area contributed by atoms with Gasteiger partial charge in [0.15, 0.2) is 0 Å². The van der Waals surface area contributed by atoms with E-state index in [-0.39, 0.29) is 5.91 Å². The van der Waals surface area contributed by atoms with E-state index in [4.69, 9.17) is 5.84 Å². The van der Waals surface area contributed by atoms with Crippen molar-refractivity contribution in [2.24, 2.45) is 5.84 Å². The fourth-order valence-corrected chi connectivity index (χ4v) is 3.72. The van der Waals surface area contributed by atoms with Crippen LogP contribution in [0.4, 0.5) is 0 Å². The van der Waals surface area contributed by atoms with Crippen LogP contribution in [-0.2, 0) is 5.75 Å². The van der Waals surface area contributed by atoms with Crippen molar-refractivity contribution in [2.75, 3.05) is 0 Å². The number of hydrogen-bond donors (Lipinski definition) is 2. The highest BCUT2D eigenvalue weighted by Crippen LogP contribution is 2.30. The van der Waals surface area contributed by atoms with E-state index in [0.717, 1.165) is 15.8 Å². The molecule has 2 aromatic carbocycles. The maximum atomic E-state index is 11.5. The second-order valence-corrected chi connectivity index (χ2v) is 6.71. The van der Waals surface area contributed by atoms with Crippen LogP contribution in [0.2, 0.25) is 0 Å². The standard InChI is InChI=1S/C16H17BrN2OS/c1-10-3-6-15(11(2)7-10)21-9-13-5-4-12(8-14(13)17)16(20)19-18/h3-8H,9,18H2,1-2H3,(H,19,20). The summed E-state index contributed by atoms with van der Waals surface area (Å²) < 4.78 is 0.917. The highest BCUT2D eigenvalue weighted by atomic mass is 79.9. The highest BCUT2D eigenvalue weighted by molar-refractivity contribution is 9.10. The van der Waals surface area contributed by atoms with E-state index in [1.54, 1.807) is 23.9 Å². The van der Waals surface area contributed by atoms with E-state index in [2.05, 4.69) is 53.4 Å². The van der Waals surface area contributed by atoms with Crippen molar-refractivity contribution >= 4 is 33.6 Å². The van der Waals surface area contributed by atoms with E-state index in [0.29, 0.717) is 5.56 Å². The number of thioether (sulfide) groups is 1. The summed E-state index contributed by atoms with van der Waals surface area (Å²) in [6.45, 7) is 4.22. The number of halogens is 1. The Balaban J connectivity index is 2.11. The molecular weight excluding hydrogens is 348 g/mol. The Morgan fingerprint density at radius 2 is 2.00 bits per heavy atom. The summed E-state index contributed by atoms with van der Waals surface area (Å²) >= 11 is 5.30. The molecule has 0 saturated carbocycles. The van der Waals surface area contributed by atoms with Crippen LogP contribution in [-0.4, -0.2) is 5.91 Å². The van der Waals surface area contributed by atoms with Gasteiger partial charge in [0.25, 0.3) is 5.91 Å². The minimum Gasteiger partial charge on any atom is -0.290 e. The molecule has 110 valence electrons. The number of nitrogens with one attached hydrogen (secondary N) is 1. The smallest absolute Gasteiger partial charge is 0.265 e. The number of aryl methyl sites for hydroxylation is 2. The van der Waals surface area contributed by atoms with Gasteiger partial charge in [-0.15, -0.1) is 11.8 Å². The first-order chi connectivity index (χ1) is 10.0. The molecule has 0 spiro atoms. The van der Waals surface area contributed by atoms with Crippen LogP contribution in [0, 0.1) is 13.8 Å². The second-order valence-electron chi connectivity index (χ2n) is 4.84. The van der Waals surface area contributed by atoms with Gasteiger partial charge in [-0.3, -0.25) is 10.2 Å². The van der Waals surface area contributed by atoms with Crippen molar-refractivity contribution < 1.29 is 4.79 Å². The molecule has 0 aliphatic rings. The third-order valence-electron chi connectivity index (χ3n) is 3.16. The summed E-state index contributed by atoms with van der Waals surface area (Å²) in [4.78, 5) is 12.7. The SMILES string of the molecule is Cc1ccc(SCc2ccc(C(=O)NN)cc2Br)c(C)c1. The summed E-state index contributed by atoms with van der Waals surface area (Å²) in [6, 6.07) is 12.0. The Bertz CT molecular complexity index is 673. The Morgan fingerprint density at radius 3 is 2.62 bits per heavy atom. The maximum Gasteiger partial charge on any atom is 0.265 e. The van der Waals surface area contributed by atoms with E-state index in [9.17, 15) is 4.79 Å². The number of hydrazine groups is 1. The number of hydrogen-bond acceptors (Lipinski definition) is 3. The van der Waals surface area contributed by atoms with Gasteiger partial charge < -0.3 is 0 Å². The van der Waals surface area contributed by atoms with Crippen molar-refractivity contribution in [3.63, 3.8) is 0 Å². The topological polar surface area (TPSA) is 55.1 Å². The number of rotatable bonds is 4. The molecule has 2 aromatic rings. The molecular formula is C16H17BrN2OS. The molecule has 0 aliphatic heterocycles. The van der Waals surface area contributed by atoms with Crippen molar-refractivity contribution in [2.45, 2.75) is 24.5 Å². The number of benzene rings is 2. The third kappa shape index (κ3) is 4.09. The van der Waals surface area contributed by atoms with Gasteiger partial charge in [0.1, 0.15) is 0 Å². The highest BCUT2D eigenvalue weighted by Gasteiger charge is 2.08. The zero-order valence-electron chi connectivity index (χ0n) is 11.9. The molecule has 0 radical (unpaired) electrons. The monoisotopic (exact) mass is 364 g/mol. The third-order valence-corrected chi connectivity index (χ3v) is 5.12. The first-order valence-corrected chi connectivity index (χ1v) is 8.28. The zero-order valence-corrected chi connectivity index (χ0v) is 14.3. The average molecular weight is 365 g/mol. The van der Waals surface area contributed by atoms with Crippen LogP contribution in [0.15, 0.2) is 45.8 Å². The minimum absolute atomic E-state index is 0.288. The minimum atomic E-state index is -0.288. The molecule has 0 fully saturated rings. The summed E-state index contributed by atoms with van der Waals surface area (Å²) in [5, 5.41) is 0. The van der Waals surface area contributed by atoms with Crippen molar-refractivity contribution in [1.82, 2.24) is 5.43 Å². The van der Waals surface area contributed by atoms with Crippen LogP contribution in [0.1, 0.15) is 27.0 Å². The van der Waals surface area contributed by atoms with Crippen LogP contribution in [0.5, 0.6) is 0 Å². The van der Waals surface area contributed by atoms with Crippen molar-refractivity contribution in [1.29, 1.82) is 0 Å². The molecule has 0 aliphatic carbocycles. The molecule has 0 atom stereocenters. The van der Waals surface area contributed by atoms with Crippen LogP contribution in [0.25, 0.3) is 0 Å². The fraction of sp³-hybridized carbons (Fsp3) is 0.188. The lowest BCUT2D eigenvalue weighted by atomic mass is 10.1. The Morgan fingerprint density at radius 1 is 1.24 bits per heavy atom. The van der Waals surface area contributed by atoms with Gasteiger partial charge >= 0.3 is 0 Å². The van der Waals surface area contributed by atoms with Crippen molar-refractivity contribution in [3.05, 3.63) is 63.1 Å². The molecule has 0 heterocycles. The molecule has 2 rings (SSSR count). The molecule has 5 heteroatoms. The lowest BCUT2D eigenvalue weighted by molar-refractivity contribution is 0.0953. The van der Waals surface area contributed by atoms with E-state index < -0.39 is 0 Å². The van der Waals surface area contributed by atoms with E-state index >= 15 is 0 Å². The van der Waals surface area contributed by atoms with Gasteiger partial charge in [-0.2, -0.15) is 0 Å². The molecule has 3 nitrogen and oxygen atoms in total. The van der Waals surface area contributed by atoms with Crippen LogP contribution in [0.3, 0.4) is 0 Å². The summed E-state index contributed by atoms with van der Waals surface area (Å²) in [5.74, 6) is 5.69. The maximum absolute atomic E-state index is 11.5. The van der Waals surface area contributed by atoms with Gasteiger partial charge in [0, 0.05) is 20.7 Å². The number of carbonyl (C=O) groups excluding carboxylic acids is 1. The largest absolute Gasteiger partial charge is 0.290 e. The molecule has 0 saturated heterocycles. The van der Waals surface area contributed by atoms with Gasteiger partial charge in [0.05, 0.1) is 0 Å². The van der Waals surface area contributed by atoms with Gasteiger partial charge in [-0.25, -0.2) is 5.84 Å². The van der Waals surface area contributed by atoms with Gasteiger partial charge in [-0.1, -0.05) is 39.7 Å². The summed E-state index contributed by atoms with van der Waals surface area (Å²) in [6.07, 6.45) is 0. The summed E-state index contributed by atoms with van der Waals surface area (Å²) in [5.41, 5.74) is 6.39. The van der Waals surface area contributed by atoms with E-state index in [1.165, 1.54) is 16.0 Å². The van der Waals surface area contributed by atoms with E-state index in [1.807, 2.05) is 6.07 Å². The Hall–Kier alpha value is -1.30.